The summed E-state index contributed by atoms with van der Waals surface area (Å²) < 4.78 is 6.13. The van der Waals surface area contributed by atoms with E-state index in [1.54, 1.807) is 0 Å². The van der Waals surface area contributed by atoms with E-state index in [2.05, 4.69) is 59.2 Å². The molecule has 2 heterocycles. The van der Waals surface area contributed by atoms with Gasteiger partial charge in [-0.15, -0.1) is 0 Å². The average molecular weight is 457 g/mol. The van der Waals surface area contributed by atoms with Crippen molar-refractivity contribution < 1.29 is 14.6 Å². The maximum atomic E-state index is 12.5. The molecule has 0 amide bonds. The smallest absolute Gasteiger partial charge is 0.325 e. The summed E-state index contributed by atoms with van der Waals surface area (Å²) in [6.07, 6.45) is 2.84. The second-order valence-corrected chi connectivity index (χ2v) is 9.24. The Morgan fingerprint density at radius 1 is 1.03 bits per heavy atom. The first-order valence-corrected chi connectivity index (χ1v) is 12.2. The highest BCUT2D eigenvalue weighted by molar-refractivity contribution is 5.77. The third kappa shape index (κ3) is 4.53. The maximum Gasteiger partial charge on any atom is 0.325 e. The van der Waals surface area contributed by atoms with E-state index in [4.69, 9.17) is 4.74 Å². The molecule has 2 atom stereocenters. The fourth-order valence-corrected chi connectivity index (χ4v) is 5.44. The Bertz CT molecular complexity index is 1150. The molecule has 5 nitrogen and oxygen atoms in total. The molecule has 0 saturated carbocycles. The van der Waals surface area contributed by atoms with E-state index in [-0.39, 0.29) is 6.04 Å². The molecule has 5 heteroatoms. The number of benzene rings is 3. The molecule has 0 saturated heterocycles. The van der Waals surface area contributed by atoms with Crippen LogP contribution >= 0.6 is 0 Å². The van der Waals surface area contributed by atoms with Gasteiger partial charge in [0.05, 0.1) is 6.54 Å². The van der Waals surface area contributed by atoms with E-state index in [0.29, 0.717) is 13.2 Å². The van der Waals surface area contributed by atoms with E-state index < -0.39 is 12.0 Å². The van der Waals surface area contributed by atoms with Gasteiger partial charge in [-0.05, 0) is 59.7 Å². The number of ether oxygens (including phenoxy) is 1. The number of carboxylic acids is 1. The van der Waals surface area contributed by atoms with Crippen LogP contribution in [0.15, 0.2) is 72.8 Å². The number of fused-ring (bicyclic) bond motifs is 2. The third-order valence-corrected chi connectivity index (χ3v) is 7.19. The predicted octanol–water partition coefficient (Wildman–Crippen LogP) is 5.09. The van der Waals surface area contributed by atoms with Gasteiger partial charge in [0.2, 0.25) is 0 Å². The zero-order chi connectivity index (χ0) is 23.5. The first-order valence-electron chi connectivity index (χ1n) is 12.2. The average Bonchev–Trinajstić information content (AvgIpc) is 3.27. The molecule has 1 unspecified atom stereocenters. The van der Waals surface area contributed by atoms with Gasteiger partial charge in [-0.1, -0.05) is 61.5 Å². The zero-order valence-corrected chi connectivity index (χ0v) is 19.7. The van der Waals surface area contributed by atoms with Crippen LogP contribution in [-0.2, 0) is 24.2 Å². The molecule has 0 fully saturated rings. The fraction of sp³-hybridized carbons (Fsp3) is 0.345. The summed E-state index contributed by atoms with van der Waals surface area (Å²) in [5, 5.41) is 10.3. The molecule has 0 aromatic heterocycles. The van der Waals surface area contributed by atoms with Gasteiger partial charge in [-0.25, -0.2) is 0 Å². The Labute approximate surface area is 201 Å². The van der Waals surface area contributed by atoms with E-state index in [0.717, 1.165) is 54.8 Å². The van der Waals surface area contributed by atoms with Gasteiger partial charge < -0.3 is 14.7 Å². The zero-order valence-electron chi connectivity index (χ0n) is 19.7. The highest BCUT2D eigenvalue weighted by Gasteiger charge is 2.38. The van der Waals surface area contributed by atoms with Crippen LogP contribution in [0.1, 0.15) is 41.6 Å². The van der Waals surface area contributed by atoms with Crippen molar-refractivity contribution in [2.24, 2.45) is 0 Å². The monoisotopic (exact) mass is 456 g/mol. The molecule has 176 valence electrons. The first kappa shape index (κ1) is 22.5. The van der Waals surface area contributed by atoms with E-state index in [1.165, 1.54) is 11.3 Å². The Morgan fingerprint density at radius 3 is 2.62 bits per heavy atom. The molecule has 0 aliphatic carbocycles. The largest absolute Gasteiger partial charge is 0.492 e. The Balaban J connectivity index is 1.33. The normalized spacial score (nSPS) is 19.5. The molecule has 34 heavy (non-hydrogen) atoms. The van der Waals surface area contributed by atoms with Crippen LogP contribution in [0.3, 0.4) is 0 Å². The van der Waals surface area contributed by atoms with E-state index in [1.807, 2.05) is 30.3 Å². The molecule has 2 aliphatic rings. The highest BCUT2D eigenvalue weighted by Crippen LogP contribution is 2.37. The molecule has 3 aromatic carbocycles. The van der Waals surface area contributed by atoms with Crippen LogP contribution in [0.5, 0.6) is 5.75 Å². The minimum atomic E-state index is -0.804. The molecule has 0 radical (unpaired) electrons. The molecular formula is C29H32N2O3. The Kier molecular flexibility index (Phi) is 6.54. The van der Waals surface area contributed by atoms with Crippen molar-refractivity contribution in [2.45, 2.75) is 44.8 Å². The maximum absolute atomic E-state index is 12.5. The van der Waals surface area contributed by atoms with Gasteiger partial charge in [0.25, 0.3) is 0 Å². The highest BCUT2D eigenvalue weighted by atomic mass is 16.5. The van der Waals surface area contributed by atoms with Crippen molar-refractivity contribution >= 4 is 11.7 Å². The minimum absolute atomic E-state index is 0.191. The molecular weight excluding hydrogens is 424 g/mol. The molecule has 2 aliphatic heterocycles. The summed E-state index contributed by atoms with van der Waals surface area (Å²) in [5.74, 6) is -0.0618. The van der Waals surface area contributed by atoms with Gasteiger partial charge in [0.1, 0.15) is 18.4 Å². The van der Waals surface area contributed by atoms with Gasteiger partial charge in [-0.2, -0.15) is 0 Å². The predicted molar refractivity (Wildman–Crippen MR) is 134 cm³/mol. The van der Waals surface area contributed by atoms with E-state index in [9.17, 15) is 9.90 Å². The Morgan fingerprint density at radius 2 is 1.82 bits per heavy atom. The summed E-state index contributed by atoms with van der Waals surface area (Å²) >= 11 is 0. The number of anilines is 1. The SMILES string of the molecule is CC[C@H]1Cc2ccc(OCCN3CCc4ccccc43)cc2C(C(=O)O)N1Cc1ccccc1. The van der Waals surface area contributed by atoms with Crippen LogP contribution in [0.4, 0.5) is 5.69 Å². The fourth-order valence-electron chi connectivity index (χ4n) is 5.44. The number of para-hydroxylation sites is 1. The topological polar surface area (TPSA) is 53.0 Å². The lowest BCUT2D eigenvalue weighted by Gasteiger charge is -2.41. The molecule has 5 rings (SSSR count). The van der Waals surface area contributed by atoms with Crippen LogP contribution in [0, 0.1) is 0 Å². The number of nitrogens with zero attached hydrogens (tertiary/aromatic N) is 2. The molecule has 0 bridgehead atoms. The number of rotatable bonds is 8. The van der Waals surface area contributed by atoms with Crippen molar-refractivity contribution in [3.05, 3.63) is 95.1 Å². The first-order chi connectivity index (χ1) is 16.6. The van der Waals surface area contributed by atoms with Crippen molar-refractivity contribution in [1.29, 1.82) is 0 Å². The Hall–Kier alpha value is -3.31. The van der Waals surface area contributed by atoms with Crippen molar-refractivity contribution in [2.75, 3.05) is 24.6 Å². The van der Waals surface area contributed by atoms with Gasteiger partial charge in [0.15, 0.2) is 0 Å². The van der Waals surface area contributed by atoms with Gasteiger partial charge >= 0.3 is 5.97 Å². The van der Waals surface area contributed by atoms with Crippen molar-refractivity contribution in [3.63, 3.8) is 0 Å². The number of aliphatic carboxylic acids is 1. The van der Waals surface area contributed by atoms with Crippen molar-refractivity contribution in [1.82, 2.24) is 4.90 Å². The summed E-state index contributed by atoms with van der Waals surface area (Å²) in [4.78, 5) is 17.0. The summed E-state index contributed by atoms with van der Waals surface area (Å²) in [5.41, 5.74) is 5.80. The number of hydrogen-bond donors (Lipinski definition) is 1. The lowest BCUT2D eigenvalue weighted by molar-refractivity contribution is -0.145. The van der Waals surface area contributed by atoms with Crippen molar-refractivity contribution in [3.8, 4) is 5.75 Å². The standard InChI is InChI=1S/C29H32N2O3/c1-2-24-18-23-12-13-25(34-17-16-30-15-14-22-10-6-7-11-27(22)30)19-26(23)28(29(32)33)31(24)20-21-8-4-3-5-9-21/h3-13,19,24,28H,2,14-18,20H2,1H3,(H,32,33)/t24-,28?/m0/s1. The summed E-state index contributed by atoms with van der Waals surface area (Å²) in [6.45, 7) is 5.15. The quantitative estimate of drug-likeness (QED) is 0.512. The second kappa shape index (κ2) is 9.90. The molecule has 1 N–H and O–H groups in total. The van der Waals surface area contributed by atoms with Gasteiger partial charge in [0, 0.05) is 24.8 Å². The third-order valence-electron chi connectivity index (χ3n) is 7.19. The number of carbonyl (C=O) groups is 1. The summed E-state index contributed by atoms with van der Waals surface area (Å²) in [7, 11) is 0. The lowest BCUT2D eigenvalue weighted by atomic mass is 9.86. The second-order valence-electron chi connectivity index (χ2n) is 9.24. The van der Waals surface area contributed by atoms with Gasteiger partial charge in [-0.3, -0.25) is 9.69 Å². The van der Waals surface area contributed by atoms with E-state index >= 15 is 0 Å². The lowest BCUT2D eigenvalue weighted by Crippen LogP contribution is -2.46. The molecule has 0 spiro atoms. The molecule has 3 aromatic rings. The summed E-state index contributed by atoms with van der Waals surface area (Å²) in [6, 6.07) is 24.2. The van der Waals surface area contributed by atoms with Crippen LogP contribution in [0.2, 0.25) is 0 Å². The minimum Gasteiger partial charge on any atom is -0.492 e. The number of hydrogen-bond acceptors (Lipinski definition) is 4. The van der Waals surface area contributed by atoms with Crippen LogP contribution < -0.4 is 9.64 Å². The van der Waals surface area contributed by atoms with Crippen LogP contribution in [0.25, 0.3) is 0 Å². The van der Waals surface area contributed by atoms with Crippen LogP contribution in [-0.4, -0.2) is 41.7 Å². The number of carboxylic acid groups (broad SMARTS) is 1.